The molecule has 1 N–H and O–H groups in total. The minimum atomic E-state index is -1.32. The first-order valence-electron chi connectivity index (χ1n) is 13.2. The molecule has 2 aromatic rings. The summed E-state index contributed by atoms with van der Waals surface area (Å²) in [6.45, 7) is 9.70. The molecule has 4 nitrogen and oxygen atoms in total. The Balaban J connectivity index is 1.38. The lowest BCUT2D eigenvalue weighted by atomic mass is 9.79. The van der Waals surface area contributed by atoms with Crippen LogP contribution in [0.3, 0.4) is 0 Å². The van der Waals surface area contributed by atoms with E-state index in [1.165, 1.54) is 18.9 Å². The monoisotopic (exact) mass is 519 g/mol. The van der Waals surface area contributed by atoms with Gasteiger partial charge in [-0.05, 0) is 55.0 Å². The topological polar surface area (TPSA) is 46.3 Å². The molecule has 6 rings (SSSR count). The van der Waals surface area contributed by atoms with Gasteiger partial charge < -0.3 is 14.1 Å². The van der Waals surface area contributed by atoms with Gasteiger partial charge in [-0.3, -0.25) is 0 Å². The summed E-state index contributed by atoms with van der Waals surface area (Å²) < 4.78 is 20.6. The zero-order valence-corrected chi connectivity index (χ0v) is 22.3. The number of hydrogen-bond donors (Lipinski definition) is 1. The predicted molar refractivity (Wildman–Crippen MR) is 147 cm³/mol. The molecular weight excluding hydrogens is 483 g/mol. The van der Waals surface area contributed by atoms with Crippen LogP contribution in [0.15, 0.2) is 100 Å². The van der Waals surface area contributed by atoms with E-state index < -0.39 is 5.60 Å². The van der Waals surface area contributed by atoms with Crippen LogP contribution in [0.25, 0.3) is 0 Å². The Hall–Kier alpha value is -2.67. The van der Waals surface area contributed by atoms with Gasteiger partial charge in [-0.15, -0.1) is 11.8 Å². The number of hydrogen-bond acceptors (Lipinski definition) is 4. The van der Waals surface area contributed by atoms with Crippen molar-refractivity contribution in [1.29, 1.82) is 0 Å². The second-order valence-corrected chi connectivity index (χ2v) is 11.9. The van der Waals surface area contributed by atoms with Gasteiger partial charge in [0.05, 0.1) is 24.9 Å². The van der Waals surface area contributed by atoms with Crippen LogP contribution < -0.4 is 0 Å². The van der Waals surface area contributed by atoms with E-state index in [2.05, 4.69) is 17.8 Å². The van der Waals surface area contributed by atoms with E-state index >= 15 is 0 Å². The Morgan fingerprint density at radius 2 is 2.14 bits per heavy atom. The van der Waals surface area contributed by atoms with Gasteiger partial charge in [-0.2, -0.15) is 0 Å². The second-order valence-electron chi connectivity index (χ2n) is 10.6. The van der Waals surface area contributed by atoms with Gasteiger partial charge in [0.1, 0.15) is 18.1 Å². The van der Waals surface area contributed by atoms with Crippen molar-refractivity contribution in [2.24, 2.45) is 5.92 Å². The first-order chi connectivity index (χ1) is 17.9. The lowest BCUT2D eigenvalue weighted by Crippen LogP contribution is -2.62. The molecule has 1 aliphatic carbocycles. The summed E-state index contributed by atoms with van der Waals surface area (Å²) in [5, 5.41) is 16.9. The molecular formula is C31H36FN2O2S+. The van der Waals surface area contributed by atoms with Gasteiger partial charge in [0, 0.05) is 23.8 Å². The Labute approximate surface area is 223 Å². The Morgan fingerprint density at radius 3 is 2.86 bits per heavy atom. The van der Waals surface area contributed by atoms with Crippen molar-refractivity contribution < 1.29 is 18.5 Å². The zero-order valence-electron chi connectivity index (χ0n) is 21.5. The number of nitrogens with zero attached hydrogens (tertiary/aromatic N) is 2. The standard InChI is InChI=1S/C31H36FN2O2S/c1-3-4-6-10-23(2)31(35,25-11-7-5-8-12-25)30-20-27(36-33-30)21-34-17-15-24(16-18-34)29(22-34)37-28-14-9-13-26(32)19-28/h3-7,9-11,13-14,19-20,24,29,35H,1,8,12,15-18,21-22H2,2H3/q+1. The van der Waals surface area contributed by atoms with Crippen LogP contribution in [0.4, 0.5) is 4.39 Å². The van der Waals surface area contributed by atoms with Crippen LogP contribution in [0.2, 0.25) is 0 Å². The number of fused-ring (bicyclic) bond motifs is 3. The molecule has 0 spiro atoms. The third kappa shape index (κ3) is 5.47. The highest BCUT2D eigenvalue weighted by Crippen LogP contribution is 2.44. The molecule has 37 heavy (non-hydrogen) atoms. The van der Waals surface area contributed by atoms with Gasteiger partial charge in [0.2, 0.25) is 0 Å². The third-order valence-corrected chi connectivity index (χ3v) is 9.55. The summed E-state index contributed by atoms with van der Waals surface area (Å²) in [4.78, 5) is 1.01. The highest BCUT2D eigenvalue weighted by atomic mass is 32.2. The molecule has 0 saturated carbocycles. The number of rotatable bonds is 9. The summed E-state index contributed by atoms with van der Waals surface area (Å²) in [6, 6.07) is 8.90. The number of halogens is 1. The second kappa shape index (κ2) is 11.0. The van der Waals surface area contributed by atoms with Gasteiger partial charge in [-0.1, -0.05) is 60.3 Å². The largest absolute Gasteiger partial charge is 0.375 e. The summed E-state index contributed by atoms with van der Waals surface area (Å²) >= 11 is 1.82. The summed E-state index contributed by atoms with van der Waals surface area (Å²) in [6.07, 6.45) is 17.5. The van der Waals surface area contributed by atoms with Crippen molar-refractivity contribution in [2.75, 3.05) is 19.6 Å². The first-order valence-corrected chi connectivity index (χ1v) is 14.1. The van der Waals surface area contributed by atoms with E-state index in [9.17, 15) is 9.50 Å². The first kappa shape index (κ1) is 26.0. The van der Waals surface area contributed by atoms with Crippen LogP contribution in [0.1, 0.15) is 44.1 Å². The van der Waals surface area contributed by atoms with Crippen molar-refractivity contribution in [3.05, 3.63) is 108 Å². The number of quaternary nitrogens is 1. The number of aliphatic hydroxyl groups is 1. The Kier molecular flexibility index (Phi) is 7.70. The molecule has 1 aromatic carbocycles. The quantitative estimate of drug-likeness (QED) is 0.290. The summed E-state index contributed by atoms with van der Waals surface area (Å²) in [5.41, 5.74) is 0.945. The van der Waals surface area contributed by atoms with Crippen molar-refractivity contribution in [3.63, 3.8) is 0 Å². The molecule has 6 heteroatoms. The molecule has 0 radical (unpaired) electrons. The lowest BCUT2D eigenvalue weighted by Gasteiger charge is -2.52. The van der Waals surface area contributed by atoms with Crippen LogP contribution in [-0.2, 0) is 12.1 Å². The van der Waals surface area contributed by atoms with E-state index in [-0.39, 0.29) is 5.82 Å². The predicted octanol–water partition coefficient (Wildman–Crippen LogP) is 6.87. The Bertz CT molecular complexity index is 1250. The summed E-state index contributed by atoms with van der Waals surface area (Å²) in [7, 11) is 0. The smallest absolute Gasteiger partial charge is 0.191 e. The van der Waals surface area contributed by atoms with Crippen LogP contribution in [0.5, 0.6) is 0 Å². The molecule has 3 aliphatic heterocycles. The van der Waals surface area contributed by atoms with Gasteiger partial charge in [0.25, 0.3) is 0 Å². The highest BCUT2D eigenvalue weighted by molar-refractivity contribution is 8.00. The number of benzene rings is 1. The fourth-order valence-electron chi connectivity index (χ4n) is 6.10. The molecule has 4 heterocycles. The third-order valence-electron chi connectivity index (χ3n) is 8.19. The minimum absolute atomic E-state index is 0.176. The maximum atomic E-state index is 13.8. The minimum Gasteiger partial charge on any atom is -0.375 e. The number of aromatic nitrogens is 1. The highest BCUT2D eigenvalue weighted by Gasteiger charge is 2.47. The van der Waals surface area contributed by atoms with Crippen molar-refractivity contribution >= 4 is 11.8 Å². The van der Waals surface area contributed by atoms with Gasteiger partial charge in [0.15, 0.2) is 11.4 Å². The van der Waals surface area contributed by atoms with Crippen molar-refractivity contribution in [2.45, 2.75) is 54.9 Å². The van der Waals surface area contributed by atoms with E-state index in [4.69, 9.17) is 4.52 Å². The molecule has 194 valence electrons. The van der Waals surface area contributed by atoms with Gasteiger partial charge >= 0.3 is 0 Å². The molecule has 1 aromatic heterocycles. The van der Waals surface area contributed by atoms with Crippen LogP contribution in [-0.4, -0.2) is 39.6 Å². The normalized spacial score (nSPS) is 27.3. The fourth-order valence-corrected chi connectivity index (χ4v) is 7.65. The molecule has 2 bridgehead atoms. The molecule has 3 saturated heterocycles. The maximum Gasteiger partial charge on any atom is 0.191 e. The van der Waals surface area contributed by atoms with Gasteiger partial charge in [-0.25, -0.2) is 4.39 Å². The number of allylic oxidation sites excluding steroid dienone is 7. The molecule has 3 fully saturated rings. The Morgan fingerprint density at radius 1 is 1.30 bits per heavy atom. The van der Waals surface area contributed by atoms with E-state index in [0.717, 1.165) is 65.3 Å². The van der Waals surface area contributed by atoms with E-state index in [0.29, 0.717) is 16.9 Å². The average molecular weight is 520 g/mol. The van der Waals surface area contributed by atoms with Crippen LogP contribution >= 0.6 is 11.8 Å². The molecule has 2 atom stereocenters. The molecule has 4 aliphatic rings. The summed E-state index contributed by atoms with van der Waals surface area (Å²) in [5.74, 6) is 1.31. The molecule has 0 amide bonds. The fraction of sp³-hybridized carbons (Fsp3) is 0.387. The maximum absolute atomic E-state index is 13.8. The van der Waals surface area contributed by atoms with Crippen molar-refractivity contribution in [3.8, 4) is 0 Å². The van der Waals surface area contributed by atoms with Crippen molar-refractivity contribution in [1.82, 2.24) is 5.16 Å². The number of piperidine rings is 3. The average Bonchev–Trinajstić information content (AvgIpc) is 3.37. The SMILES string of the molecule is C=CC=CC=C(C)C(O)(C1=CC=CCC1)c1cc(C[N+]23CCC(CC2)C(Sc2cccc(F)c2)C3)on1. The lowest BCUT2D eigenvalue weighted by molar-refractivity contribution is -0.954. The molecule has 2 unspecified atom stereocenters. The van der Waals surface area contributed by atoms with E-state index in [1.807, 2.05) is 61.2 Å². The zero-order chi connectivity index (χ0) is 25.9. The van der Waals surface area contributed by atoms with Crippen LogP contribution in [0, 0.1) is 11.7 Å². The number of thioether (sulfide) groups is 1. The van der Waals surface area contributed by atoms with E-state index in [1.54, 1.807) is 18.2 Å².